The molecule has 0 saturated heterocycles. The minimum atomic E-state index is -0.167. The summed E-state index contributed by atoms with van der Waals surface area (Å²) in [5.74, 6) is 0.0182. The monoisotopic (exact) mass is 315 g/mol. The number of benzene rings is 1. The molecule has 1 heterocycles. The Hall–Kier alpha value is -1.88. The van der Waals surface area contributed by atoms with E-state index in [1.807, 2.05) is 44.2 Å². The van der Waals surface area contributed by atoms with E-state index >= 15 is 0 Å². The molecule has 1 atom stereocenters. The fraction of sp³-hybridized carbons (Fsp3) is 0.353. The van der Waals surface area contributed by atoms with Crippen molar-refractivity contribution in [1.82, 2.24) is 9.97 Å². The Balaban J connectivity index is 2.09. The quantitative estimate of drug-likeness (QED) is 0.649. The summed E-state index contributed by atoms with van der Waals surface area (Å²) in [5, 5.41) is 3.71. The van der Waals surface area contributed by atoms with E-state index < -0.39 is 0 Å². The lowest BCUT2D eigenvalue weighted by Gasteiger charge is -2.16. The summed E-state index contributed by atoms with van der Waals surface area (Å²) in [6, 6.07) is 9.82. The summed E-state index contributed by atoms with van der Waals surface area (Å²) >= 11 is 1.48. The second kappa shape index (κ2) is 7.94. The predicted octanol–water partition coefficient (Wildman–Crippen LogP) is 3.86. The molecule has 1 amide bonds. The lowest BCUT2D eigenvalue weighted by Crippen LogP contribution is -2.25. The zero-order chi connectivity index (χ0) is 15.9. The Kier molecular flexibility index (Phi) is 5.95. The van der Waals surface area contributed by atoms with Crippen molar-refractivity contribution < 1.29 is 4.79 Å². The van der Waals surface area contributed by atoms with Crippen LogP contribution in [0.5, 0.6) is 0 Å². The molecule has 0 bridgehead atoms. The summed E-state index contributed by atoms with van der Waals surface area (Å²) < 4.78 is 0. The molecule has 116 valence electrons. The topological polar surface area (TPSA) is 54.9 Å². The maximum Gasteiger partial charge on any atom is 0.237 e. The largest absolute Gasteiger partial charge is 0.325 e. The molecular formula is C17H21N3OS. The first-order valence-electron chi connectivity index (χ1n) is 7.48. The Bertz CT molecular complexity index is 645. The third kappa shape index (κ3) is 4.31. The van der Waals surface area contributed by atoms with E-state index in [1.165, 1.54) is 18.1 Å². The molecule has 1 aromatic heterocycles. The van der Waals surface area contributed by atoms with Crippen LogP contribution in [-0.4, -0.2) is 21.1 Å². The number of amides is 1. The van der Waals surface area contributed by atoms with Crippen molar-refractivity contribution in [3.05, 3.63) is 47.9 Å². The standard InChI is InChI=1S/C17H21N3OS/c1-4-13-8-6-7-9-14(13)20-17(21)15(5-2)22-16-10-12(3)18-11-19-16/h6-11,15H,4-5H2,1-3H3,(H,20,21). The number of carbonyl (C=O) groups is 1. The number of thioether (sulfide) groups is 1. The third-order valence-corrected chi connectivity index (χ3v) is 4.66. The summed E-state index contributed by atoms with van der Waals surface area (Å²) in [5.41, 5.74) is 2.95. The van der Waals surface area contributed by atoms with Crippen molar-refractivity contribution in [1.29, 1.82) is 0 Å². The molecule has 0 radical (unpaired) electrons. The average Bonchev–Trinajstić information content (AvgIpc) is 2.53. The molecule has 5 heteroatoms. The number of anilines is 1. The van der Waals surface area contributed by atoms with Gasteiger partial charge < -0.3 is 5.32 Å². The van der Waals surface area contributed by atoms with Crippen molar-refractivity contribution >= 4 is 23.4 Å². The van der Waals surface area contributed by atoms with E-state index in [2.05, 4.69) is 22.2 Å². The third-order valence-electron chi connectivity index (χ3n) is 3.36. The van der Waals surface area contributed by atoms with Crippen LogP contribution in [0.15, 0.2) is 41.7 Å². The first-order chi connectivity index (χ1) is 10.6. The van der Waals surface area contributed by atoms with Crippen LogP contribution in [0.3, 0.4) is 0 Å². The zero-order valence-corrected chi connectivity index (χ0v) is 14.0. The van der Waals surface area contributed by atoms with Gasteiger partial charge in [-0.2, -0.15) is 0 Å². The molecule has 0 saturated carbocycles. The Morgan fingerprint density at radius 3 is 2.73 bits per heavy atom. The van der Waals surface area contributed by atoms with Crippen LogP contribution in [0.4, 0.5) is 5.69 Å². The molecule has 0 aliphatic carbocycles. The van der Waals surface area contributed by atoms with E-state index in [0.717, 1.165) is 34.8 Å². The molecule has 0 aliphatic heterocycles. The van der Waals surface area contributed by atoms with Crippen LogP contribution < -0.4 is 5.32 Å². The van der Waals surface area contributed by atoms with Crippen molar-refractivity contribution in [3.8, 4) is 0 Å². The normalized spacial score (nSPS) is 12.0. The van der Waals surface area contributed by atoms with Crippen molar-refractivity contribution in [2.45, 2.75) is 43.9 Å². The van der Waals surface area contributed by atoms with Gasteiger partial charge in [0.05, 0.1) is 5.25 Å². The molecule has 0 fully saturated rings. The van der Waals surface area contributed by atoms with E-state index in [9.17, 15) is 4.79 Å². The average molecular weight is 315 g/mol. The van der Waals surface area contributed by atoms with Gasteiger partial charge in [0, 0.05) is 11.4 Å². The highest BCUT2D eigenvalue weighted by Gasteiger charge is 2.19. The lowest BCUT2D eigenvalue weighted by atomic mass is 10.1. The molecule has 1 N–H and O–H groups in total. The first kappa shape index (κ1) is 16.5. The minimum absolute atomic E-state index is 0.0182. The highest BCUT2D eigenvalue weighted by atomic mass is 32.2. The van der Waals surface area contributed by atoms with Gasteiger partial charge in [0.1, 0.15) is 11.4 Å². The van der Waals surface area contributed by atoms with Gasteiger partial charge in [0.2, 0.25) is 5.91 Å². The molecule has 1 aromatic carbocycles. The predicted molar refractivity (Wildman–Crippen MR) is 91.2 cm³/mol. The summed E-state index contributed by atoms with van der Waals surface area (Å²) in [4.78, 5) is 20.8. The Morgan fingerprint density at radius 2 is 2.05 bits per heavy atom. The summed E-state index contributed by atoms with van der Waals surface area (Å²) in [6.45, 7) is 6.02. The van der Waals surface area contributed by atoms with Crippen molar-refractivity contribution in [2.75, 3.05) is 5.32 Å². The van der Waals surface area contributed by atoms with Gasteiger partial charge in [-0.3, -0.25) is 4.79 Å². The summed E-state index contributed by atoms with van der Waals surface area (Å²) in [7, 11) is 0. The van der Waals surface area contributed by atoms with Crippen LogP contribution >= 0.6 is 11.8 Å². The van der Waals surface area contributed by atoms with Gasteiger partial charge in [-0.1, -0.05) is 43.8 Å². The van der Waals surface area contributed by atoms with E-state index in [-0.39, 0.29) is 11.2 Å². The van der Waals surface area contributed by atoms with Crippen molar-refractivity contribution in [3.63, 3.8) is 0 Å². The van der Waals surface area contributed by atoms with Gasteiger partial charge >= 0.3 is 0 Å². The van der Waals surface area contributed by atoms with Gasteiger partial charge in [0.25, 0.3) is 0 Å². The SMILES string of the molecule is CCc1ccccc1NC(=O)C(CC)Sc1cc(C)ncn1. The number of aryl methyl sites for hydroxylation is 2. The number of rotatable bonds is 6. The number of para-hydroxylation sites is 1. The maximum absolute atomic E-state index is 12.5. The highest BCUT2D eigenvalue weighted by Crippen LogP contribution is 2.25. The molecule has 4 nitrogen and oxygen atoms in total. The number of hydrogen-bond donors (Lipinski definition) is 1. The molecule has 2 aromatic rings. The number of carbonyl (C=O) groups excluding carboxylic acids is 1. The van der Waals surface area contributed by atoms with Gasteiger partial charge in [-0.15, -0.1) is 0 Å². The molecule has 2 rings (SSSR count). The van der Waals surface area contributed by atoms with Crippen molar-refractivity contribution in [2.24, 2.45) is 0 Å². The number of aromatic nitrogens is 2. The van der Waals surface area contributed by atoms with E-state index in [0.29, 0.717) is 0 Å². The van der Waals surface area contributed by atoms with Gasteiger partial charge in [0.15, 0.2) is 0 Å². The zero-order valence-electron chi connectivity index (χ0n) is 13.2. The van der Waals surface area contributed by atoms with Gasteiger partial charge in [-0.05, 0) is 37.5 Å². The highest BCUT2D eigenvalue weighted by molar-refractivity contribution is 8.00. The molecular weight excluding hydrogens is 294 g/mol. The molecule has 22 heavy (non-hydrogen) atoms. The molecule has 1 unspecified atom stereocenters. The first-order valence-corrected chi connectivity index (χ1v) is 8.36. The van der Waals surface area contributed by atoms with E-state index in [4.69, 9.17) is 0 Å². The van der Waals surface area contributed by atoms with Crippen LogP contribution in [0.2, 0.25) is 0 Å². The lowest BCUT2D eigenvalue weighted by molar-refractivity contribution is -0.115. The second-order valence-corrected chi connectivity index (χ2v) is 6.24. The summed E-state index contributed by atoms with van der Waals surface area (Å²) in [6.07, 6.45) is 3.17. The maximum atomic E-state index is 12.5. The minimum Gasteiger partial charge on any atom is -0.325 e. The van der Waals surface area contributed by atoms with Crippen LogP contribution in [-0.2, 0) is 11.2 Å². The molecule has 0 spiro atoms. The van der Waals surface area contributed by atoms with E-state index in [1.54, 1.807) is 0 Å². The van der Waals surface area contributed by atoms with Crippen LogP contribution in [0.1, 0.15) is 31.5 Å². The number of nitrogens with one attached hydrogen (secondary N) is 1. The Morgan fingerprint density at radius 1 is 1.27 bits per heavy atom. The fourth-order valence-corrected chi connectivity index (χ4v) is 3.10. The number of hydrogen-bond acceptors (Lipinski definition) is 4. The van der Waals surface area contributed by atoms with Crippen LogP contribution in [0.25, 0.3) is 0 Å². The number of nitrogens with zero attached hydrogens (tertiary/aromatic N) is 2. The smallest absolute Gasteiger partial charge is 0.237 e. The fourth-order valence-electron chi connectivity index (χ4n) is 2.13. The Labute approximate surface area is 135 Å². The molecule has 0 aliphatic rings. The second-order valence-electron chi connectivity index (χ2n) is 5.01. The van der Waals surface area contributed by atoms with Crippen LogP contribution in [0, 0.1) is 6.92 Å². The van der Waals surface area contributed by atoms with Gasteiger partial charge in [-0.25, -0.2) is 9.97 Å².